The van der Waals surface area contributed by atoms with Gasteiger partial charge in [-0.2, -0.15) is 0 Å². The van der Waals surface area contributed by atoms with E-state index in [4.69, 9.17) is 5.73 Å². The quantitative estimate of drug-likeness (QED) is 0.714. The second-order valence-corrected chi connectivity index (χ2v) is 6.15. The molecule has 0 aromatic heterocycles. The molecule has 0 radical (unpaired) electrons. The lowest BCUT2D eigenvalue weighted by molar-refractivity contribution is 0.0386. The van der Waals surface area contributed by atoms with Crippen LogP contribution < -0.4 is 5.73 Å². The van der Waals surface area contributed by atoms with Crippen LogP contribution in [0.3, 0.4) is 0 Å². The molecule has 1 fully saturated rings. The van der Waals surface area contributed by atoms with Gasteiger partial charge in [-0.1, -0.05) is 46.5 Å². The number of nitrogens with zero attached hydrogens (tertiary/aromatic N) is 1. The minimum Gasteiger partial charge on any atom is -0.329 e. The van der Waals surface area contributed by atoms with Crippen LogP contribution in [-0.4, -0.2) is 30.1 Å². The summed E-state index contributed by atoms with van der Waals surface area (Å²) < 4.78 is 0. The Morgan fingerprint density at radius 2 is 1.56 bits per heavy atom. The van der Waals surface area contributed by atoms with Crippen molar-refractivity contribution in [2.75, 3.05) is 19.6 Å². The van der Waals surface area contributed by atoms with E-state index < -0.39 is 0 Å². The largest absolute Gasteiger partial charge is 0.329 e. The lowest BCUT2D eigenvalue weighted by Crippen LogP contribution is -2.56. The van der Waals surface area contributed by atoms with E-state index in [1.54, 1.807) is 0 Å². The van der Waals surface area contributed by atoms with Gasteiger partial charge in [-0.3, -0.25) is 4.90 Å². The predicted octanol–water partition coefficient (Wildman–Crippen LogP) is 3.80. The zero-order valence-electron chi connectivity index (χ0n) is 12.9. The van der Waals surface area contributed by atoms with Gasteiger partial charge in [-0.25, -0.2) is 0 Å². The van der Waals surface area contributed by atoms with Gasteiger partial charge in [-0.05, 0) is 44.7 Å². The molecule has 0 aliphatic carbocycles. The van der Waals surface area contributed by atoms with Gasteiger partial charge in [0.05, 0.1) is 0 Å². The highest BCUT2D eigenvalue weighted by Gasteiger charge is 2.35. The molecule has 0 saturated carbocycles. The molecule has 18 heavy (non-hydrogen) atoms. The van der Waals surface area contributed by atoms with Crippen molar-refractivity contribution in [3.05, 3.63) is 0 Å². The van der Waals surface area contributed by atoms with Crippen LogP contribution in [0.15, 0.2) is 0 Å². The van der Waals surface area contributed by atoms with E-state index in [1.165, 1.54) is 64.5 Å². The Morgan fingerprint density at radius 3 is 1.94 bits per heavy atom. The number of rotatable bonds is 8. The van der Waals surface area contributed by atoms with Crippen LogP contribution in [0.2, 0.25) is 0 Å². The molecule has 1 saturated heterocycles. The Bertz CT molecular complexity index is 201. The molecule has 2 heteroatoms. The first-order valence-corrected chi connectivity index (χ1v) is 8.17. The van der Waals surface area contributed by atoms with Gasteiger partial charge in [0.15, 0.2) is 0 Å². The number of hydrogen-bond acceptors (Lipinski definition) is 2. The van der Waals surface area contributed by atoms with Gasteiger partial charge in [0, 0.05) is 12.1 Å². The van der Waals surface area contributed by atoms with Gasteiger partial charge in [0.25, 0.3) is 0 Å². The standard InChI is InChI=1S/C16H34N2/c1-4-7-15-8-12-18(13-9-15)16(14-17,10-5-2)11-6-3/h15H,4-14,17H2,1-3H3. The van der Waals surface area contributed by atoms with Gasteiger partial charge >= 0.3 is 0 Å². The van der Waals surface area contributed by atoms with E-state index in [0.29, 0.717) is 5.54 Å². The van der Waals surface area contributed by atoms with E-state index in [0.717, 1.165) is 12.5 Å². The third-order valence-corrected chi connectivity index (χ3v) is 4.79. The molecular formula is C16H34N2. The smallest absolute Gasteiger partial charge is 0.0331 e. The highest BCUT2D eigenvalue weighted by atomic mass is 15.2. The van der Waals surface area contributed by atoms with Crippen LogP contribution in [0.1, 0.15) is 72.1 Å². The van der Waals surface area contributed by atoms with Crippen molar-refractivity contribution in [3.8, 4) is 0 Å². The van der Waals surface area contributed by atoms with E-state index >= 15 is 0 Å². The Labute approximate surface area is 114 Å². The number of likely N-dealkylation sites (tertiary alicyclic amines) is 1. The predicted molar refractivity (Wildman–Crippen MR) is 80.8 cm³/mol. The van der Waals surface area contributed by atoms with Crippen LogP contribution in [0, 0.1) is 5.92 Å². The summed E-state index contributed by atoms with van der Waals surface area (Å²) in [5.74, 6) is 0.977. The van der Waals surface area contributed by atoms with Crippen molar-refractivity contribution in [3.63, 3.8) is 0 Å². The molecule has 1 rings (SSSR count). The van der Waals surface area contributed by atoms with E-state index in [2.05, 4.69) is 25.7 Å². The zero-order valence-corrected chi connectivity index (χ0v) is 12.9. The SMILES string of the molecule is CCCC1CCN(C(CN)(CCC)CCC)CC1. The molecule has 1 aliphatic heterocycles. The topological polar surface area (TPSA) is 29.3 Å². The first-order valence-electron chi connectivity index (χ1n) is 8.17. The third kappa shape index (κ3) is 3.96. The van der Waals surface area contributed by atoms with Crippen molar-refractivity contribution >= 4 is 0 Å². The highest BCUT2D eigenvalue weighted by Crippen LogP contribution is 2.32. The summed E-state index contributed by atoms with van der Waals surface area (Å²) in [6.45, 7) is 10.3. The Kier molecular flexibility index (Phi) is 7.25. The van der Waals surface area contributed by atoms with Crippen LogP contribution in [0.4, 0.5) is 0 Å². The average molecular weight is 254 g/mol. The second-order valence-electron chi connectivity index (χ2n) is 6.15. The lowest BCUT2D eigenvalue weighted by Gasteiger charge is -2.47. The maximum atomic E-state index is 6.16. The molecule has 0 unspecified atom stereocenters. The number of piperidine rings is 1. The Balaban J connectivity index is 2.59. The average Bonchev–Trinajstić information content (AvgIpc) is 2.39. The lowest BCUT2D eigenvalue weighted by atomic mass is 9.83. The molecule has 0 aromatic rings. The number of nitrogens with two attached hydrogens (primary N) is 1. The molecule has 0 amide bonds. The molecule has 2 N–H and O–H groups in total. The molecule has 108 valence electrons. The Morgan fingerprint density at radius 1 is 1.00 bits per heavy atom. The van der Waals surface area contributed by atoms with Crippen molar-refractivity contribution < 1.29 is 0 Å². The Hall–Kier alpha value is -0.0800. The second kappa shape index (κ2) is 8.16. The highest BCUT2D eigenvalue weighted by molar-refractivity contribution is 4.93. The molecule has 2 nitrogen and oxygen atoms in total. The van der Waals surface area contributed by atoms with Crippen molar-refractivity contribution in [1.29, 1.82) is 0 Å². The molecule has 1 aliphatic rings. The molecule has 0 spiro atoms. The van der Waals surface area contributed by atoms with Crippen LogP contribution in [0.5, 0.6) is 0 Å². The molecule has 0 bridgehead atoms. The van der Waals surface area contributed by atoms with Gasteiger partial charge < -0.3 is 5.73 Å². The number of hydrogen-bond donors (Lipinski definition) is 1. The van der Waals surface area contributed by atoms with Crippen LogP contribution in [-0.2, 0) is 0 Å². The zero-order chi connectivity index (χ0) is 13.4. The molecule has 1 heterocycles. The maximum absolute atomic E-state index is 6.16. The fraction of sp³-hybridized carbons (Fsp3) is 1.00. The van der Waals surface area contributed by atoms with Crippen LogP contribution in [0.25, 0.3) is 0 Å². The molecular weight excluding hydrogens is 220 g/mol. The van der Waals surface area contributed by atoms with Crippen molar-refractivity contribution in [1.82, 2.24) is 4.90 Å². The molecule has 0 atom stereocenters. The van der Waals surface area contributed by atoms with Crippen molar-refractivity contribution in [2.45, 2.75) is 77.7 Å². The first kappa shape index (κ1) is 16.0. The fourth-order valence-electron chi connectivity index (χ4n) is 3.81. The monoisotopic (exact) mass is 254 g/mol. The first-order chi connectivity index (χ1) is 8.72. The normalized spacial score (nSPS) is 19.3. The minimum absolute atomic E-state index is 0.306. The third-order valence-electron chi connectivity index (χ3n) is 4.79. The van der Waals surface area contributed by atoms with Gasteiger partial charge in [-0.15, -0.1) is 0 Å². The summed E-state index contributed by atoms with van der Waals surface area (Å²) in [5, 5.41) is 0. The fourth-order valence-corrected chi connectivity index (χ4v) is 3.81. The summed E-state index contributed by atoms with van der Waals surface area (Å²) in [7, 11) is 0. The van der Waals surface area contributed by atoms with E-state index in [-0.39, 0.29) is 0 Å². The van der Waals surface area contributed by atoms with E-state index in [9.17, 15) is 0 Å². The van der Waals surface area contributed by atoms with E-state index in [1.807, 2.05) is 0 Å². The van der Waals surface area contributed by atoms with Crippen LogP contribution >= 0.6 is 0 Å². The summed E-state index contributed by atoms with van der Waals surface area (Å²) in [5.41, 5.74) is 6.47. The van der Waals surface area contributed by atoms with Gasteiger partial charge in [0.2, 0.25) is 0 Å². The van der Waals surface area contributed by atoms with Crippen molar-refractivity contribution in [2.24, 2.45) is 11.7 Å². The maximum Gasteiger partial charge on any atom is 0.0331 e. The van der Waals surface area contributed by atoms with Gasteiger partial charge in [0.1, 0.15) is 0 Å². The summed E-state index contributed by atoms with van der Waals surface area (Å²) in [6.07, 6.45) is 10.6. The summed E-state index contributed by atoms with van der Waals surface area (Å²) >= 11 is 0. The summed E-state index contributed by atoms with van der Waals surface area (Å²) in [4.78, 5) is 2.73. The minimum atomic E-state index is 0.306. The summed E-state index contributed by atoms with van der Waals surface area (Å²) in [6, 6.07) is 0. The molecule has 0 aromatic carbocycles.